The van der Waals surface area contributed by atoms with E-state index >= 15 is 0 Å². The smallest absolute Gasteiger partial charge is 0.306 e. The number of ether oxygens (including phenoxy) is 2. The third kappa shape index (κ3) is 11.9. The summed E-state index contributed by atoms with van der Waals surface area (Å²) >= 11 is 0. The first-order chi connectivity index (χ1) is 7.99. The van der Waals surface area contributed by atoms with Crippen LogP contribution in [0.2, 0.25) is 0 Å². The number of hydrogen-bond donors (Lipinski definition) is 1. The van der Waals surface area contributed by atoms with Crippen LogP contribution in [0, 0.1) is 0 Å². The van der Waals surface area contributed by atoms with E-state index in [0.717, 1.165) is 6.42 Å². The van der Waals surface area contributed by atoms with Gasteiger partial charge >= 0.3 is 5.97 Å². The molecular weight excluding hydrogens is 230 g/mol. The molecule has 0 saturated carbocycles. The number of nitrogens with two attached hydrogens (primary N) is 1. The van der Waals surface area contributed by atoms with Gasteiger partial charge in [0.25, 0.3) is 0 Å². The van der Waals surface area contributed by atoms with Crippen LogP contribution in [-0.2, 0) is 14.3 Å². The third-order valence-corrected chi connectivity index (χ3v) is 2.32. The van der Waals surface area contributed by atoms with Gasteiger partial charge in [-0.05, 0) is 54.4 Å². The van der Waals surface area contributed by atoms with Gasteiger partial charge in [0.05, 0.1) is 6.10 Å². The molecule has 1 atom stereocenters. The van der Waals surface area contributed by atoms with Crippen LogP contribution in [0.1, 0.15) is 60.8 Å². The molecule has 0 saturated heterocycles. The topological polar surface area (TPSA) is 61.5 Å². The van der Waals surface area contributed by atoms with Crippen molar-refractivity contribution in [1.29, 1.82) is 0 Å². The summed E-state index contributed by atoms with van der Waals surface area (Å²) in [7, 11) is 0. The van der Waals surface area contributed by atoms with Gasteiger partial charge < -0.3 is 15.2 Å². The maximum atomic E-state index is 11.5. The molecule has 4 nitrogen and oxygen atoms in total. The predicted molar refractivity (Wildman–Crippen MR) is 73.4 cm³/mol. The Balaban J connectivity index is 3.71. The van der Waals surface area contributed by atoms with E-state index in [4.69, 9.17) is 15.2 Å². The number of carbonyl (C=O) groups excluding carboxylic acids is 1. The van der Waals surface area contributed by atoms with Gasteiger partial charge in [-0.25, -0.2) is 0 Å². The van der Waals surface area contributed by atoms with Crippen LogP contribution in [0.15, 0.2) is 0 Å². The van der Waals surface area contributed by atoms with Gasteiger partial charge in [-0.2, -0.15) is 0 Å². The molecule has 0 aliphatic rings. The Morgan fingerprint density at radius 3 is 2.22 bits per heavy atom. The van der Waals surface area contributed by atoms with Crippen LogP contribution in [0.25, 0.3) is 0 Å². The molecule has 4 heteroatoms. The Morgan fingerprint density at radius 1 is 1.22 bits per heavy atom. The lowest BCUT2D eigenvalue weighted by Crippen LogP contribution is -2.33. The van der Waals surface area contributed by atoms with Crippen LogP contribution >= 0.6 is 0 Å². The molecule has 0 aromatic heterocycles. The minimum atomic E-state index is -0.412. The largest absolute Gasteiger partial charge is 0.460 e. The van der Waals surface area contributed by atoms with Crippen molar-refractivity contribution in [1.82, 2.24) is 0 Å². The molecular formula is C14H29NO3. The summed E-state index contributed by atoms with van der Waals surface area (Å²) in [5.41, 5.74) is 5.24. The van der Waals surface area contributed by atoms with Crippen molar-refractivity contribution in [3.05, 3.63) is 0 Å². The molecule has 0 fully saturated rings. The zero-order valence-electron chi connectivity index (χ0n) is 12.7. The number of carbonyl (C=O) groups is 1. The van der Waals surface area contributed by atoms with E-state index in [1.165, 1.54) is 0 Å². The van der Waals surface area contributed by atoms with Crippen LogP contribution < -0.4 is 5.73 Å². The predicted octanol–water partition coefficient (Wildman–Crippen LogP) is 2.64. The van der Waals surface area contributed by atoms with Gasteiger partial charge in [0, 0.05) is 18.6 Å². The molecule has 0 spiro atoms. The SMILES string of the molecule is CC(CCC(=O)OC(C)(C)C)OCCC(C)(C)N. The van der Waals surface area contributed by atoms with Gasteiger partial charge in [0.1, 0.15) is 5.60 Å². The second kappa shape index (κ2) is 7.10. The highest BCUT2D eigenvalue weighted by molar-refractivity contribution is 5.69. The molecule has 0 rings (SSSR count). The van der Waals surface area contributed by atoms with Gasteiger partial charge in [-0.1, -0.05) is 0 Å². The third-order valence-electron chi connectivity index (χ3n) is 2.32. The summed E-state index contributed by atoms with van der Waals surface area (Å²) in [6.07, 6.45) is 1.94. The number of hydrogen-bond acceptors (Lipinski definition) is 4. The van der Waals surface area contributed by atoms with E-state index in [1.54, 1.807) is 0 Å². The molecule has 0 bridgehead atoms. The van der Waals surface area contributed by atoms with Crippen molar-refractivity contribution in [2.24, 2.45) is 5.73 Å². The molecule has 0 heterocycles. The van der Waals surface area contributed by atoms with E-state index in [9.17, 15) is 4.79 Å². The molecule has 1 unspecified atom stereocenters. The molecule has 0 aromatic rings. The minimum Gasteiger partial charge on any atom is -0.460 e. The van der Waals surface area contributed by atoms with Crippen LogP contribution in [0.4, 0.5) is 0 Å². The van der Waals surface area contributed by atoms with Crippen LogP contribution in [-0.4, -0.2) is 29.8 Å². The molecule has 0 amide bonds. The molecule has 0 aliphatic heterocycles. The van der Waals surface area contributed by atoms with Crippen molar-refractivity contribution in [2.75, 3.05) is 6.61 Å². The Bertz CT molecular complexity index is 251. The molecule has 0 radical (unpaired) electrons. The lowest BCUT2D eigenvalue weighted by Gasteiger charge is -2.21. The highest BCUT2D eigenvalue weighted by Crippen LogP contribution is 2.11. The van der Waals surface area contributed by atoms with Crippen molar-refractivity contribution >= 4 is 5.97 Å². The first kappa shape index (κ1) is 17.4. The van der Waals surface area contributed by atoms with E-state index in [2.05, 4.69) is 0 Å². The first-order valence-electron chi connectivity index (χ1n) is 6.62. The van der Waals surface area contributed by atoms with E-state index in [-0.39, 0.29) is 17.6 Å². The second-order valence-electron chi connectivity index (χ2n) is 6.55. The minimum absolute atomic E-state index is 0.0554. The summed E-state index contributed by atoms with van der Waals surface area (Å²) in [6.45, 7) is 12.1. The fourth-order valence-corrected chi connectivity index (χ4v) is 1.32. The van der Waals surface area contributed by atoms with E-state index in [0.29, 0.717) is 19.4 Å². The number of rotatable bonds is 7. The summed E-state index contributed by atoms with van der Waals surface area (Å²) in [5.74, 6) is -0.169. The normalized spacial score (nSPS) is 14.4. The Labute approximate surface area is 111 Å². The molecule has 18 heavy (non-hydrogen) atoms. The quantitative estimate of drug-likeness (QED) is 0.714. The van der Waals surface area contributed by atoms with Gasteiger partial charge in [-0.3, -0.25) is 4.79 Å². The maximum Gasteiger partial charge on any atom is 0.306 e. The standard InChI is InChI=1S/C14H29NO3/c1-11(17-10-9-14(5,6)15)7-8-12(16)18-13(2,3)4/h11H,7-10,15H2,1-6H3. The van der Waals surface area contributed by atoms with Crippen molar-refractivity contribution in [3.63, 3.8) is 0 Å². The van der Waals surface area contributed by atoms with E-state index < -0.39 is 5.60 Å². The average Bonchev–Trinajstić information content (AvgIpc) is 2.09. The summed E-state index contributed by atoms with van der Waals surface area (Å²) in [6, 6.07) is 0. The summed E-state index contributed by atoms with van der Waals surface area (Å²) in [5, 5.41) is 0. The first-order valence-corrected chi connectivity index (χ1v) is 6.62. The van der Waals surface area contributed by atoms with Crippen LogP contribution in [0.5, 0.6) is 0 Å². The fourth-order valence-electron chi connectivity index (χ4n) is 1.32. The van der Waals surface area contributed by atoms with Crippen molar-refractivity contribution in [2.45, 2.75) is 78.0 Å². The highest BCUT2D eigenvalue weighted by atomic mass is 16.6. The summed E-state index contributed by atoms with van der Waals surface area (Å²) in [4.78, 5) is 11.5. The number of esters is 1. The average molecular weight is 259 g/mol. The molecule has 108 valence electrons. The van der Waals surface area contributed by atoms with Gasteiger partial charge in [-0.15, -0.1) is 0 Å². The molecule has 0 aliphatic carbocycles. The Kier molecular flexibility index (Phi) is 6.86. The van der Waals surface area contributed by atoms with Crippen molar-refractivity contribution in [3.8, 4) is 0 Å². The zero-order valence-corrected chi connectivity index (χ0v) is 12.7. The Morgan fingerprint density at radius 2 is 1.78 bits per heavy atom. The highest BCUT2D eigenvalue weighted by Gasteiger charge is 2.17. The fraction of sp³-hybridized carbons (Fsp3) is 0.929. The lowest BCUT2D eigenvalue weighted by molar-refractivity contribution is -0.155. The molecule has 0 aromatic carbocycles. The maximum absolute atomic E-state index is 11.5. The summed E-state index contributed by atoms with van der Waals surface area (Å²) < 4.78 is 10.8. The second-order valence-corrected chi connectivity index (χ2v) is 6.55. The zero-order chi connectivity index (χ0) is 14.4. The Hall–Kier alpha value is -0.610. The van der Waals surface area contributed by atoms with Gasteiger partial charge in [0.2, 0.25) is 0 Å². The lowest BCUT2D eigenvalue weighted by atomic mass is 10.0. The van der Waals surface area contributed by atoms with E-state index in [1.807, 2.05) is 41.5 Å². The van der Waals surface area contributed by atoms with Gasteiger partial charge in [0.15, 0.2) is 0 Å². The van der Waals surface area contributed by atoms with Crippen LogP contribution in [0.3, 0.4) is 0 Å². The molecule has 2 N–H and O–H groups in total. The monoisotopic (exact) mass is 259 g/mol. The van der Waals surface area contributed by atoms with Crippen molar-refractivity contribution < 1.29 is 14.3 Å².